The minimum absolute atomic E-state index is 0.0404. The second-order valence-electron chi connectivity index (χ2n) is 11.8. The molecule has 0 N–H and O–H groups in total. The van der Waals surface area contributed by atoms with E-state index >= 15 is 0 Å². The van der Waals surface area contributed by atoms with Crippen LogP contribution < -0.4 is 9.80 Å². The zero-order valence-corrected chi connectivity index (χ0v) is 23.7. The largest absolute Gasteiger partial charge is 0.435 e. The number of rotatable bonds is 6. The van der Waals surface area contributed by atoms with Crippen LogP contribution in [0.1, 0.15) is 63.8 Å². The standard InChI is InChI=1S/C28H34F5N7O3/c1-16-12-19(43-27(29)30)7-9-37(16)20-13-22(39-17-5-6-18(39)15-41-14-17)34-26-24(20)25(28(31,32)33)36-40(26)21-8-10-38(35-21)23-4-2-3-11-42-23/h8,10,13,16-19,23,27H,2-7,9,11-12,14-15H2,1H3/t16-,17?,18?,19?,23?/m1/s1. The van der Waals surface area contributed by atoms with Gasteiger partial charge in [-0.25, -0.2) is 9.67 Å². The van der Waals surface area contributed by atoms with Gasteiger partial charge in [-0.3, -0.25) is 0 Å². The molecule has 7 heterocycles. The van der Waals surface area contributed by atoms with Crippen LogP contribution >= 0.6 is 0 Å². The molecule has 2 bridgehead atoms. The Morgan fingerprint density at radius 3 is 2.49 bits per heavy atom. The van der Waals surface area contributed by atoms with Crippen LogP contribution in [0.4, 0.5) is 33.5 Å². The van der Waals surface area contributed by atoms with Crippen molar-refractivity contribution in [3.8, 4) is 5.82 Å². The molecule has 4 fully saturated rings. The van der Waals surface area contributed by atoms with Gasteiger partial charge in [-0.05, 0) is 51.9 Å². The lowest BCUT2D eigenvalue weighted by atomic mass is 9.99. The van der Waals surface area contributed by atoms with Gasteiger partial charge in [0.05, 0.1) is 42.5 Å². The highest BCUT2D eigenvalue weighted by molar-refractivity contribution is 5.95. The molecule has 7 rings (SSSR count). The summed E-state index contributed by atoms with van der Waals surface area (Å²) in [5, 5.41) is 8.52. The molecule has 3 aromatic heterocycles. The van der Waals surface area contributed by atoms with Crippen molar-refractivity contribution >= 4 is 22.5 Å². The molecule has 15 heteroatoms. The van der Waals surface area contributed by atoms with Crippen LogP contribution in [0.2, 0.25) is 0 Å². The van der Waals surface area contributed by atoms with Crippen LogP contribution in [0.25, 0.3) is 16.9 Å². The fourth-order valence-corrected chi connectivity index (χ4v) is 7.09. The normalized spacial score (nSPS) is 28.4. The molecule has 234 valence electrons. The lowest BCUT2D eigenvalue weighted by Gasteiger charge is -2.40. The van der Waals surface area contributed by atoms with E-state index in [0.717, 1.165) is 32.1 Å². The Labute approximate surface area is 244 Å². The number of anilines is 2. The number of nitrogens with zero attached hydrogens (tertiary/aromatic N) is 7. The Hall–Kier alpha value is -3.04. The zero-order valence-electron chi connectivity index (χ0n) is 23.7. The smallest absolute Gasteiger partial charge is 0.377 e. The monoisotopic (exact) mass is 611 g/mol. The first-order chi connectivity index (χ1) is 20.7. The SMILES string of the molecule is C[C@@H]1CC(OC(F)F)CCN1c1cc(N2C3CCC2COC3)nc2c1c(C(F)(F)F)nn2-c1ccn(C2CCCCO2)n1. The fourth-order valence-electron chi connectivity index (χ4n) is 7.09. The van der Waals surface area contributed by atoms with Crippen LogP contribution in [0, 0.1) is 0 Å². The van der Waals surface area contributed by atoms with Gasteiger partial charge in [0.1, 0.15) is 12.0 Å². The zero-order chi connectivity index (χ0) is 29.9. The molecule has 43 heavy (non-hydrogen) atoms. The van der Waals surface area contributed by atoms with Gasteiger partial charge in [-0.1, -0.05) is 0 Å². The maximum absolute atomic E-state index is 14.7. The van der Waals surface area contributed by atoms with Crippen LogP contribution in [-0.4, -0.2) is 81.8 Å². The van der Waals surface area contributed by atoms with Crippen molar-refractivity contribution in [1.82, 2.24) is 24.5 Å². The van der Waals surface area contributed by atoms with Gasteiger partial charge in [0.2, 0.25) is 0 Å². The highest BCUT2D eigenvalue weighted by Gasteiger charge is 2.43. The van der Waals surface area contributed by atoms with E-state index in [0.29, 0.717) is 31.3 Å². The molecule has 0 aromatic carbocycles. The molecule has 10 nitrogen and oxygen atoms in total. The first kappa shape index (κ1) is 28.7. The molecule has 4 saturated heterocycles. The van der Waals surface area contributed by atoms with Gasteiger partial charge in [0.15, 0.2) is 17.2 Å². The minimum atomic E-state index is -4.78. The van der Waals surface area contributed by atoms with E-state index < -0.39 is 24.6 Å². The summed E-state index contributed by atoms with van der Waals surface area (Å²) in [5.41, 5.74) is -0.704. The van der Waals surface area contributed by atoms with Gasteiger partial charge in [0.25, 0.3) is 0 Å². The molecule has 4 aliphatic heterocycles. The second kappa shape index (κ2) is 11.1. The van der Waals surface area contributed by atoms with Crippen molar-refractivity contribution in [2.45, 2.75) is 95.1 Å². The van der Waals surface area contributed by atoms with Crippen LogP contribution in [0.3, 0.4) is 0 Å². The molecule has 0 amide bonds. The Bertz CT molecular complexity index is 1440. The quantitative estimate of drug-likeness (QED) is 0.348. The molecular weight excluding hydrogens is 577 g/mol. The van der Waals surface area contributed by atoms with Crippen molar-refractivity contribution in [2.24, 2.45) is 0 Å². The lowest BCUT2D eigenvalue weighted by molar-refractivity contribution is -0.168. The third-order valence-electron chi connectivity index (χ3n) is 9.07. The average molecular weight is 612 g/mol. The minimum Gasteiger partial charge on any atom is -0.377 e. The number of piperidine rings is 1. The molecular formula is C28H34F5N7O3. The average Bonchev–Trinajstić information content (AvgIpc) is 3.67. The van der Waals surface area contributed by atoms with Gasteiger partial charge >= 0.3 is 12.8 Å². The van der Waals surface area contributed by atoms with E-state index in [4.69, 9.17) is 19.2 Å². The number of aromatic nitrogens is 5. The first-order valence-corrected chi connectivity index (χ1v) is 14.9. The maximum atomic E-state index is 14.7. The molecule has 0 saturated carbocycles. The van der Waals surface area contributed by atoms with Gasteiger partial charge in [-0.15, -0.1) is 0 Å². The van der Waals surface area contributed by atoms with Crippen molar-refractivity contribution < 1.29 is 36.2 Å². The van der Waals surface area contributed by atoms with E-state index in [-0.39, 0.29) is 60.6 Å². The summed E-state index contributed by atoms with van der Waals surface area (Å²) in [6.07, 6.45) is 0.875. The number of pyridine rings is 1. The Morgan fingerprint density at radius 1 is 1.02 bits per heavy atom. The van der Waals surface area contributed by atoms with Crippen molar-refractivity contribution in [3.05, 3.63) is 24.0 Å². The molecule has 4 unspecified atom stereocenters. The summed E-state index contributed by atoms with van der Waals surface area (Å²) in [6, 6.07) is 3.07. The van der Waals surface area contributed by atoms with Gasteiger partial charge in [-0.2, -0.15) is 36.8 Å². The first-order valence-electron chi connectivity index (χ1n) is 14.9. The predicted octanol–water partition coefficient (Wildman–Crippen LogP) is 5.30. The van der Waals surface area contributed by atoms with Crippen LogP contribution in [0.15, 0.2) is 18.3 Å². The van der Waals surface area contributed by atoms with Gasteiger partial charge in [0, 0.05) is 37.5 Å². The number of hydrogen-bond donors (Lipinski definition) is 0. The topological polar surface area (TPSA) is 82.7 Å². The highest BCUT2D eigenvalue weighted by atomic mass is 19.4. The third-order valence-corrected chi connectivity index (χ3v) is 9.07. The summed E-state index contributed by atoms with van der Waals surface area (Å²) in [7, 11) is 0. The number of morpholine rings is 1. The Kier molecular flexibility index (Phi) is 7.45. The van der Waals surface area contributed by atoms with Crippen molar-refractivity contribution in [2.75, 3.05) is 36.2 Å². The summed E-state index contributed by atoms with van der Waals surface area (Å²) < 4.78 is 89.1. The summed E-state index contributed by atoms with van der Waals surface area (Å²) in [4.78, 5) is 8.85. The van der Waals surface area contributed by atoms with E-state index in [2.05, 4.69) is 15.1 Å². The Morgan fingerprint density at radius 2 is 1.81 bits per heavy atom. The van der Waals surface area contributed by atoms with E-state index in [9.17, 15) is 22.0 Å². The van der Waals surface area contributed by atoms with Crippen LogP contribution in [0.5, 0.6) is 0 Å². The molecule has 0 spiro atoms. The maximum Gasteiger partial charge on any atom is 0.435 e. The van der Waals surface area contributed by atoms with E-state index in [1.54, 1.807) is 23.0 Å². The Balaban J connectivity index is 1.38. The number of halogens is 5. The lowest BCUT2D eigenvalue weighted by Crippen LogP contribution is -2.47. The summed E-state index contributed by atoms with van der Waals surface area (Å²) >= 11 is 0. The van der Waals surface area contributed by atoms with Crippen molar-refractivity contribution in [1.29, 1.82) is 0 Å². The second-order valence-corrected chi connectivity index (χ2v) is 11.8. The number of alkyl halides is 5. The van der Waals surface area contributed by atoms with Crippen LogP contribution in [-0.2, 0) is 20.4 Å². The molecule has 0 radical (unpaired) electrons. The summed E-state index contributed by atoms with van der Waals surface area (Å²) in [6.45, 7) is 0.761. The summed E-state index contributed by atoms with van der Waals surface area (Å²) in [5.74, 6) is 0.744. The fraction of sp³-hybridized carbons (Fsp3) is 0.679. The molecule has 5 atom stereocenters. The van der Waals surface area contributed by atoms with E-state index in [1.165, 1.54) is 4.68 Å². The molecule has 0 aliphatic carbocycles. The highest BCUT2D eigenvalue weighted by Crippen LogP contribution is 2.44. The molecule has 4 aliphatic rings. The number of fused-ring (bicyclic) bond motifs is 3. The third kappa shape index (κ3) is 5.33. The number of hydrogen-bond acceptors (Lipinski definition) is 8. The van der Waals surface area contributed by atoms with Gasteiger partial charge < -0.3 is 24.0 Å². The van der Waals surface area contributed by atoms with Crippen molar-refractivity contribution in [3.63, 3.8) is 0 Å². The van der Waals surface area contributed by atoms with E-state index in [1.807, 2.05) is 11.8 Å². The number of ether oxygens (including phenoxy) is 3. The molecule has 3 aromatic rings. The predicted molar refractivity (Wildman–Crippen MR) is 146 cm³/mol.